The van der Waals surface area contributed by atoms with Crippen LogP contribution in [0.25, 0.3) is 0 Å². The van der Waals surface area contributed by atoms with Gasteiger partial charge in [-0.15, -0.1) is 0 Å². The number of rotatable bonds is 5. The van der Waals surface area contributed by atoms with Gasteiger partial charge in [0.15, 0.2) is 0 Å². The van der Waals surface area contributed by atoms with Crippen LogP contribution in [0.2, 0.25) is 0 Å². The normalized spacial score (nSPS) is 19.6. The van der Waals surface area contributed by atoms with E-state index in [0.717, 1.165) is 43.9 Å². The third-order valence-corrected chi connectivity index (χ3v) is 3.60. The number of aromatic nitrogens is 2. The molecule has 1 aromatic heterocycles. The fraction of sp³-hybridized carbons (Fsp3) is 0.643. The topological polar surface area (TPSA) is 58.1 Å². The van der Waals surface area contributed by atoms with Crippen molar-refractivity contribution in [3.8, 4) is 0 Å². The summed E-state index contributed by atoms with van der Waals surface area (Å²) >= 11 is 0. The van der Waals surface area contributed by atoms with Crippen molar-refractivity contribution in [1.82, 2.24) is 20.2 Å². The zero-order valence-electron chi connectivity index (χ0n) is 11.7. The third-order valence-electron chi connectivity index (χ3n) is 3.60. The van der Waals surface area contributed by atoms with Crippen LogP contribution in [-0.2, 0) is 17.8 Å². The van der Waals surface area contributed by atoms with Gasteiger partial charge in [-0.25, -0.2) is 9.97 Å². The van der Waals surface area contributed by atoms with E-state index >= 15 is 0 Å². The fourth-order valence-corrected chi connectivity index (χ4v) is 2.49. The van der Waals surface area contributed by atoms with E-state index in [1.54, 1.807) is 7.05 Å². The molecule has 2 rings (SSSR count). The molecule has 5 nitrogen and oxygen atoms in total. The molecule has 1 saturated heterocycles. The molecule has 104 valence electrons. The lowest BCUT2D eigenvalue weighted by Crippen LogP contribution is -2.24. The molecule has 0 radical (unpaired) electrons. The maximum atomic E-state index is 11.4. The highest BCUT2D eigenvalue weighted by atomic mass is 16.1. The van der Waals surface area contributed by atoms with Crippen LogP contribution in [-0.4, -0.2) is 40.9 Å². The minimum Gasteiger partial charge on any atom is -0.359 e. The summed E-state index contributed by atoms with van der Waals surface area (Å²) < 4.78 is 0. The Kier molecular flexibility index (Phi) is 4.85. The standard InChI is InChI=1S/C14H22N4O/c1-3-13-16-7-12(8-17-13)10-18-5-4-11(9-18)6-14(19)15-2/h7-8,11H,3-6,9-10H2,1-2H3,(H,15,19)/t11-/m1/s1. The van der Waals surface area contributed by atoms with E-state index in [9.17, 15) is 4.79 Å². The molecule has 1 atom stereocenters. The summed E-state index contributed by atoms with van der Waals surface area (Å²) in [5.74, 6) is 1.51. The number of likely N-dealkylation sites (tertiary alicyclic amines) is 1. The molecule has 1 N–H and O–H groups in total. The van der Waals surface area contributed by atoms with Crippen molar-refractivity contribution in [2.24, 2.45) is 5.92 Å². The first-order valence-corrected chi connectivity index (χ1v) is 6.94. The van der Waals surface area contributed by atoms with E-state index < -0.39 is 0 Å². The average molecular weight is 262 g/mol. The lowest BCUT2D eigenvalue weighted by atomic mass is 10.0. The molecule has 1 aliphatic heterocycles. The summed E-state index contributed by atoms with van der Waals surface area (Å²) in [5.41, 5.74) is 1.15. The molecule has 0 unspecified atom stereocenters. The maximum absolute atomic E-state index is 11.4. The van der Waals surface area contributed by atoms with Crippen LogP contribution in [0.5, 0.6) is 0 Å². The van der Waals surface area contributed by atoms with Crippen LogP contribution >= 0.6 is 0 Å². The van der Waals surface area contributed by atoms with Gasteiger partial charge in [-0.05, 0) is 18.9 Å². The Morgan fingerprint density at radius 2 is 2.21 bits per heavy atom. The van der Waals surface area contributed by atoms with E-state index in [2.05, 4.69) is 27.1 Å². The third kappa shape index (κ3) is 3.99. The number of hydrogen-bond acceptors (Lipinski definition) is 4. The van der Waals surface area contributed by atoms with Gasteiger partial charge in [0.2, 0.25) is 5.91 Å². The van der Waals surface area contributed by atoms with Crippen molar-refractivity contribution in [3.05, 3.63) is 23.8 Å². The predicted molar refractivity (Wildman–Crippen MR) is 73.5 cm³/mol. The molecule has 19 heavy (non-hydrogen) atoms. The van der Waals surface area contributed by atoms with E-state index in [1.807, 2.05) is 12.4 Å². The Hall–Kier alpha value is -1.49. The Morgan fingerprint density at radius 1 is 1.47 bits per heavy atom. The molecule has 1 fully saturated rings. The van der Waals surface area contributed by atoms with Gasteiger partial charge < -0.3 is 5.32 Å². The van der Waals surface area contributed by atoms with E-state index in [1.165, 1.54) is 0 Å². The van der Waals surface area contributed by atoms with Crippen LogP contribution in [0.15, 0.2) is 12.4 Å². The minimum atomic E-state index is 0.141. The second-order valence-corrected chi connectivity index (χ2v) is 5.13. The largest absolute Gasteiger partial charge is 0.359 e. The number of carbonyl (C=O) groups is 1. The Morgan fingerprint density at radius 3 is 2.84 bits per heavy atom. The quantitative estimate of drug-likeness (QED) is 0.860. The fourth-order valence-electron chi connectivity index (χ4n) is 2.49. The van der Waals surface area contributed by atoms with E-state index in [4.69, 9.17) is 0 Å². The molecule has 1 aromatic rings. The molecule has 5 heteroatoms. The van der Waals surface area contributed by atoms with Crippen molar-refractivity contribution in [2.45, 2.75) is 32.7 Å². The molecule has 1 aliphatic rings. The van der Waals surface area contributed by atoms with E-state index in [0.29, 0.717) is 12.3 Å². The number of nitrogens with one attached hydrogen (secondary N) is 1. The first-order chi connectivity index (χ1) is 9.21. The number of nitrogens with zero attached hydrogens (tertiary/aromatic N) is 3. The van der Waals surface area contributed by atoms with Gasteiger partial charge in [0.25, 0.3) is 0 Å². The van der Waals surface area contributed by atoms with Crippen LogP contribution in [0.1, 0.15) is 31.2 Å². The summed E-state index contributed by atoms with van der Waals surface area (Å²) in [5, 5.41) is 2.69. The maximum Gasteiger partial charge on any atom is 0.220 e. The van der Waals surface area contributed by atoms with Crippen LogP contribution < -0.4 is 5.32 Å². The molecule has 0 saturated carbocycles. The summed E-state index contributed by atoms with van der Waals surface area (Å²) in [4.78, 5) is 22.4. The van der Waals surface area contributed by atoms with Crippen molar-refractivity contribution in [2.75, 3.05) is 20.1 Å². The van der Waals surface area contributed by atoms with Crippen molar-refractivity contribution in [3.63, 3.8) is 0 Å². The number of aryl methyl sites for hydroxylation is 1. The monoisotopic (exact) mass is 262 g/mol. The molecule has 0 aliphatic carbocycles. The van der Waals surface area contributed by atoms with Gasteiger partial charge in [0, 0.05) is 50.9 Å². The van der Waals surface area contributed by atoms with Gasteiger partial charge in [0.05, 0.1) is 0 Å². The summed E-state index contributed by atoms with van der Waals surface area (Å²) in [6, 6.07) is 0. The van der Waals surface area contributed by atoms with Crippen molar-refractivity contribution < 1.29 is 4.79 Å². The highest BCUT2D eigenvalue weighted by Crippen LogP contribution is 2.21. The van der Waals surface area contributed by atoms with Crippen LogP contribution in [0.3, 0.4) is 0 Å². The number of amides is 1. The highest BCUT2D eigenvalue weighted by molar-refractivity contribution is 5.75. The van der Waals surface area contributed by atoms with Gasteiger partial charge in [-0.3, -0.25) is 9.69 Å². The molecule has 0 bridgehead atoms. The molecule has 2 heterocycles. The second-order valence-electron chi connectivity index (χ2n) is 5.13. The lowest BCUT2D eigenvalue weighted by molar-refractivity contribution is -0.121. The van der Waals surface area contributed by atoms with E-state index in [-0.39, 0.29) is 5.91 Å². The zero-order chi connectivity index (χ0) is 13.7. The molecular weight excluding hydrogens is 240 g/mol. The minimum absolute atomic E-state index is 0.141. The zero-order valence-corrected chi connectivity index (χ0v) is 11.7. The lowest BCUT2D eigenvalue weighted by Gasteiger charge is -2.15. The van der Waals surface area contributed by atoms with Gasteiger partial charge in [-0.1, -0.05) is 6.92 Å². The summed E-state index contributed by atoms with van der Waals surface area (Å²) in [6.07, 6.45) is 6.44. The Balaban J connectivity index is 1.82. The number of carbonyl (C=O) groups excluding carboxylic acids is 1. The molecule has 0 spiro atoms. The number of hydrogen-bond donors (Lipinski definition) is 1. The first kappa shape index (κ1) is 13.9. The van der Waals surface area contributed by atoms with Gasteiger partial charge >= 0.3 is 0 Å². The molecule has 1 amide bonds. The summed E-state index contributed by atoms with van der Waals surface area (Å²) in [6.45, 7) is 4.98. The Bertz CT molecular complexity index is 418. The highest BCUT2D eigenvalue weighted by Gasteiger charge is 2.24. The van der Waals surface area contributed by atoms with Gasteiger partial charge in [-0.2, -0.15) is 0 Å². The Labute approximate surface area is 114 Å². The second kappa shape index (κ2) is 6.61. The van der Waals surface area contributed by atoms with Crippen LogP contribution in [0.4, 0.5) is 0 Å². The molecule has 0 aromatic carbocycles. The van der Waals surface area contributed by atoms with Crippen molar-refractivity contribution >= 4 is 5.91 Å². The van der Waals surface area contributed by atoms with Crippen LogP contribution in [0, 0.1) is 5.92 Å². The summed E-state index contributed by atoms with van der Waals surface area (Å²) in [7, 11) is 1.70. The average Bonchev–Trinajstić information content (AvgIpc) is 2.86. The van der Waals surface area contributed by atoms with Crippen molar-refractivity contribution in [1.29, 1.82) is 0 Å². The van der Waals surface area contributed by atoms with Gasteiger partial charge in [0.1, 0.15) is 5.82 Å². The predicted octanol–water partition coefficient (Wildman–Crippen LogP) is 0.997. The SMILES string of the molecule is CCc1ncc(CN2CC[C@H](CC(=O)NC)C2)cn1. The smallest absolute Gasteiger partial charge is 0.220 e. The molecular formula is C14H22N4O. The first-order valence-electron chi connectivity index (χ1n) is 6.94.